The molecule has 1 aromatic rings. The summed E-state index contributed by atoms with van der Waals surface area (Å²) >= 11 is 0. The number of hydrogen-bond donors (Lipinski definition) is 0. The Bertz CT molecular complexity index is 555. The van der Waals surface area contributed by atoms with Gasteiger partial charge in [0.1, 0.15) is 5.75 Å². The van der Waals surface area contributed by atoms with Crippen molar-refractivity contribution in [3.8, 4) is 11.8 Å². The van der Waals surface area contributed by atoms with Gasteiger partial charge in [-0.3, -0.25) is 4.79 Å². The lowest BCUT2D eigenvalue weighted by atomic mass is 9.98. The summed E-state index contributed by atoms with van der Waals surface area (Å²) in [6.07, 6.45) is -3.81. The van der Waals surface area contributed by atoms with Gasteiger partial charge in [0, 0.05) is 0 Å². The van der Waals surface area contributed by atoms with Crippen LogP contribution >= 0.6 is 0 Å². The minimum absolute atomic E-state index is 0.0258. The van der Waals surface area contributed by atoms with Gasteiger partial charge in [0.15, 0.2) is 0 Å². The summed E-state index contributed by atoms with van der Waals surface area (Å²) in [4.78, 5) is 11.4. The molecule has 0 heterocycles. The molecule has 0 N–H and O–H groups in total. The van der Waals surface area contributed by atoms with Crippen LogP contribution in [0.2, 0.25) is 0 Å². The van der Waals surface area contributed by atoms with Gasteiger partial charge in [-0.05, 0) is 24.6 Å². The smallest absolute Gasteiger partial charge is 0.387 e. The van der Waals surface area contributed by atoms with Crippen molar-refractivity contribution in [2.24, 2.45) is 0 Å². The molecule has 114 valence electrons. The lowest BCUT2D eigenvalue weighted by Crippen LogP contribution is -2.13. The number of esters is 1. The number of carbonyl (C=O) groups is 1. The number of nitriles is 1. The van der Waals surface area contributed by atoms with E-state index in [1.54, 1.807) is 6.07 Å². The molecule has 0 fully saturated rings. The molecule has 0 saturated heterocycles. The second-order valence-corrected chi connectivity index (χ2v) is 3.78. The van der Waals surface area contributed by atoms with Crippen LogP contribution in [-0.2, 0) is 16.0 Å². The van der Waals surface area contributed by atoms with Gasteiger partial charge >= 0.3 is 12.6 Å². The third-order valence-corrected chi connectivity index (χ3v) is 2.50. The molecule has 0 unspecified atom stereocenters. The summed E-state index contributed by atoms with van der Waals surface area (Å²) < 4.78 is 59.3. The fourth-order valence-corrected chi connectivity index (χ4v) is 1.73. The average molecular weight is 305 g/mol. The van der Waals surface area contributed by atoms with Crippen molar-refractivity contribution in [3.63, 3.8) is 0 Å². The van der Waals surface area contributed by atoms with Crippen molar-refractivity contribution in [1.29, 1.82) is 5.26 Å². The van der Waals surface area contributed by atoms with E-state index in [1.165, 1.54) is 6.92 Å². The number of nitrogens with zero attached hydrogens (tertiary/aromatic N) is 1. The molecule has 4 nitrogen and oxygen atoms in total. The first-order valence-corrected chi connectivity index (χ1v) is 5.85. The van der Waals surface area contributed by atoms with Crippen molar-refractivity contribution >= 4 is 5.97 Å². The summed E-state index contributed by atoms with van der Waals surface area (Å²) in [5.74, 6) is -1.61. The van der Waals surface area contributed by atoms with Gasteiger partial charge in [-0.2, -0.15) is 14.0 Å². The molecule has 0 amide bonds. The van der Waals surface area contributed by atoms with Gasteiger partial charge in [-0.15, -0.1) is 0 Å². The van der Waals surface area contributed by atoms with E-state index in [1.807, 2.05) is 0 Å². The Morgan fingerprint density at radius 1 is 1.33 bits per heavy atom. The third kappa shape index (κ3) is 4.34. The molecule has 0 saturated carbocycles. The highest BCUT2D eigenvalue weighted by molar-refractivity contribution is 5.75. The minimum Gasteiger partial charge on any atom is -0.466 e. The first-order chi connectivity index (χ1) is 9.90. The van der Waals surface area contributed by atoms with Gasteiger partial charge in [-0.1, -0.05) is 0 Å². The molecule has 0 spiro atoms. The molecular formula is C13H11F4NO3. The van der Waals surface area contributed by atoms with E-state index in [0.29, 0.717) is 0 Å². The molecule has 0 aliphatic rings. The monoisotopic (exact) mass is 305 g/mol. The number of ether oxygens (including phenoxy) is 2. The largest absolute Gasteiger partial charge is 0.466 e. The minimum atomic E-state index is -3.30. The van der Waals surface area contributed by atoms with Gasteiger partial charge in [0.05, 0.1) is 30.2 Å². The highest BCUT2D eigenvalue weighted by atomic mass is 19.3. The molecule has 0 atom stereocenters. The van der Waals surface area contributed by atoms with E-state index in [0.717, 1.165) is 12.1 Å². The van der Waals surface area contributed by atoms with Crippen LogP contribution in [0.5, 0.6) is 5.75 Å². The van der Waals surface area contributed by atoms with Crippen LogP contribution in [0.15, 0.2) is 12.1 Å². The van der Waals surface area contributed by atoms with E-state index in [4.69, 9.17) is 5.26 Å². The van der Waals surface area contributed by atoms with E-state index >= 15 is 0 Å². The summed E-state index contributed by atoms with van der Waals surface area (Å²) in [5, 5.41) is 8.90. The number of alkyl halides is 4. The second kappa shape index (κ2) is 7.47. The van der Waals surface area contributed by atoms with E-state index in [-0.39, 0.29) is 17.7 Å². The first-order valence-electron chi connectivity index (χ1n) is 5.85. The third-order valence-electron chi connectivity index (χ3n) is 2.50. The molecule has 0 aromatic heterocycles. The van der Waals surface area contributed by atoms with Crippen LogP contribution in [0.1, 0.15) is 30.0 Å². The Kier molecular flexibility index (Phi) is 5.96. The van der Waals surface area contributed by atoms with Gasteiger partial charge < -0.3 is 9.47 Å². The van der Waals surface area contributed by atoms with Crippen molar-refractivity contribution in [3.05, 3.63) is 28.8 Å². The average Bonchev–Trinajstić information content (AvgIpc) is 2.38. The van der Waals surface area contributed by atoms with Crippen LogP contribution in [0.3, 0.4) is 0 Å². The van der Waals surface area contributed by atoms with Crippen LogP contribution < -0.4 is 4.74 Å². The summed E-state index contributed by atoms with van der Waals surface area (Å²) in [5.41, 5.74) is -1.49. The summed E-state index contributed by atoms with van der Waals surface area (Å²) in [6, 6.07) is 3.52. The number of halogens is 4. The molecule has 0 bridgehead atoms. The number of carbonyl (C=O) groups excluding carboxylic acids is 1. The first kappa shape index (κ1) is 16.8. The second-order valence-electron chi connectivity index (χ2n) is 3.78. The Balaban J connectivity index is 3.34. The zero-order chi connectivity index (χ0) is 16.0. The lowest BCUT2D eigenvalue weighted by molar-refractivity contribution is -0.142. The van der Waals surface area contributed by atoms with E-state index < -0.39 is 36.7 Å². The predicted octanol–water partition coefficient (Wildman–Crippen LogP) is 3.20. The Labute approximate surface area is 117 Å². The zero-order valence-electron chi connectivity index (χ0n) is 10.9. The maximum Gasteiger partial charge on any atom is 0.387 e. The van der Waals surface area contributed by atoms with E-state index in [9.17, 15) is 22.4 Å². The van der Waals surface area contributed by atoms with Gasteiger partial charge in [0.2, 0.25) is 0 Å². The fourth-order valence-electron chi connectivity index (χ4n) is 1.73. The topological polar surface area (TPSA) is 59.3 Å². The van der Waals surface area contributed by atoms with Crippen LogP contribution in [0.4, 0.5) is 17.6 Å². The molecule has 0 aliphatic heterocycles. The lowest BCUT2D eigenvalue weighted by Gasteiger charge is -2.15. The van der Waals surface area contributed by atoms with Crippen molar-refractivity contribution in [2.75, 3.05) is 6.61 Å². The summed E-state index contributed by atoms with van der Waals surface area (Å²) in [6.45, 7) is -1.75. The normalized spacial score (nSPS) is 10.6. The van der Waals surface area contributed by atoms with Crippen molar-refractivity contribution in [2.45, 2.75) is 26.4 Å². The molecule has 0 aliphatic carbocycles. The Morgan fingerprint density at radius 3 is 2.48 bits per heavy atom. The Morgan fingerprint density at radius 2 is 2.00 bits per heavy atom. The van der Waals surface area contributed by atoms with Crippen molar-refractivity contribution in [1.82, 2.24) is 0 Å². The molecular weight excluding hydrogens is 294 g/mol. The molecule has 1 aromatic carbocycles. The van der Waals surface area contributed by atoms with Crippen LogP contribution in [0.25, 0.3) is 0 Å². The van der Waals surface area contributed by atoms with Crippen LogP contribution in [0, 0.1) is 11.3 Å². The molecule has 8 heteroatoms. The maximum absolute atomic E-state index is 13.1. The molecule has 1 rings (SSSR count). The number of benzene rings is 1. The maximum atomic E-state index is 13.1. The zero-order valence-corrected chi connectivity index (χ0v) is 10.9. The molecule has 21 heavy (non-hydrogen) atoms. The number of rotatable bonds is 6. The number of hydrogen-bond acceptors (Lipinski definition) is 4. The summed E-state index contributed by atoms with van der Waals surface area (Å²) in [7, 11) is 0. The van der Waals surface area contributed by atoms with Crippen LogP contribution in [-0.4, -0.2) is 19.2 Å². The van der Waals surface area contributed by atoms with Gasteiger partial charge in [0.25, 0.3) is 6.43 Å². The predicted molar refractivity (Wildman–Crippen MR) is 63.1 cm³/mol. The highest BCUT2D eigenvalue weighted by Crippen LogP contribution is 2.35. The quantitative estimate of drug-likeness (QED) is 0.598. The standard InChI is InChI=1S/C13H11F4NO3/c1-2-20-10(19)5-8-7(6-18)3-4-9(21-13(16)17)11(8)12(14)15/h3-4,12-13H,2,5H2,1H3. The highest BCUT2D eigenvalue weighted by Gasteiger charge is 2.25. The van der Waals surface area contributed by atoms with E-state index in [2.05, 4.69) is 9.47 Å². The van der Waals surface area contributed by atoms with Crippen molar-refractivity contribution < 1.29 is 31.8 Å². The van der Waals surface area contributed by atoms with Gasteiger partial charge in [-0.25, -0.2) is 8.78 Å². The SMILES string of the molecule is CCOC(=O)Cc1c(C#N)ccc(OC(F)F)c1C(F)F. The Hall–Kier alpha value is -2.30. The fraction of sp³-hybridized carbons (Fsp3) is 0.385. The molecule has 0 radical (unpaired) electrons.